The molecule has 0 aliphatic heterocycles. The molecule has 0 aromatic carbocycles. The molecule has 6 heteroatoms. The van der Waals surface area contributed by atoms with E-state index in [2.05, 4.69) is 36.4 Å². The summed E-state index contributed by atoms with van der Waals surface area (Å²) in [7, 11) is 3.49. The fourth-order valence-electron chi connectivity index (χ4n) is 1.52. The Balaban J connectivity index is 0. The smallest absolute Gasteiger partial charge is 0.243 e. The summed E-state index contributed by atoms with van der Waals surface area (Å²) in [5.41, 5.74) is 0. The van der Waals surface area contributed by atoms with Crippen LogP contribution >= 0.6 is 24.0 Å². The fourth-order valence-corrected chi connectivity index (χ4v) is 1.52. The molecule has 5 nitrogen and oxygen atoms in total. The minimum atomic E-state index is 0. The Labute approximate surface area is 141 Å². The number of hydrogen-bond acceptors (Lipinski definition) is 2. The number of halogens is 1. The van der Waals surface area contributed by atoms with Gasteiger partial charge in [-0.3, -0.25) is 4.79 Å². The van der Waals surface area contributed by atoms with Crippen molar-refractivity contribution in [1.29, 1.82) is 0 Å². The third-order valence-corrected chi connectivity index (χ3v) is 3.13. The molecule has 0 spiro atoms. The van der Waals surface area contributed by atoms with Gasteiger partial charge in [0.05, 0.1) is 0 Å². The lowest BCUT2D eigenvalue weighted by molar-refractivity contribution is -0.127. The minimum absolute atomic E-state index is 0. The first kappa shape index (κ1) is 21.8. The lowest BCUT2D eigenvalue weighted by Crippen LogP contribution is -2.41. The Morgan fingerprint density at radius 2 is 1.75 bits per heavy atom. The van der Waals surface area contributed by atoms with Gasteiger partial charge < -0.3 is 15.5 Å². The fraction of sp³-hybridized carbons (Fsp3) is 0.857. The predicted molar refractivity (Wildman–Crippen MR) is 96.8 cm³/mol. The normalized spacial score (nSPS) is 11.0. The SMILES string of the molecule is CCCNC(=NCC(=O)N(C)C)NCC(CC)CC.I. The molecule has 0 fully saturated rings. The van der Waals surface area contributed by atoms with Gasteiger partial charge in [0, 0.05) is 27.2 Å². The predicted octanol–water partition coefficient (Wildman–Crippen LogP) is 2.07. The summed E-state index contributed by atoms with van der Waals surface area (Å²) in [5.74, 6) is 1.40. The van der Waals surface area contributed by atoms with E-state index in [9.17, 15) is 4.79 Å². The Hall–Kier alpha value is -0.530. The maximum absolute atomic E-state index is 11.5. The van der Waals surface area contributed by atoms with Crippen molar-refractivity contribution in [2.45, 2.75) is 40.0 Å². The molecule has 0 rings (SSSR count). The summed E-state index contributed by atoms with van der Waals surface area (Å²) in [4.78, 5) is 17.4. The highest BCUT2D eigenvalue weighted by Crippen LogP contribution is 2.04. The van der Waals surface area contributed by atoms with Crippen molar-refractivity contribution in [2.75, 3.05) is 33.7 Å². The van der Waals surface area contributed by atoms with Crippen molar-refractivity contribution >= 4 is 35.8 Å². The lowest BCUT2D eigenvalue weighted by Gasteiger charge is -2.17. The first-order valence-corrected chi connectivity index (χ1v) is 7.27. The second kappa shape index (κ2) is 13.5. The number of guanidine groups is 1. The van der Waals surface area contributed by atoms with Crippen LogP contribution in [-0.2, 0) is 4.79 Å². The summed E-state index contributed by atoms with van der Waals surface area (Å²) in [5, 5.41) is 6.55. The first-order valence-electron chi connectivity index (χ1n) is 7.27. The third kappa shape index (κ3) is 10.3. The molecule has 20 heavy (non-hydrogen) atoms. The minimum Gasteiger partial charge on any atom is -0.356 e. The maximum atomic E-state index is 11.5. The van der Waals surface area contributed by atoms with Gasteiger partial charge in [0.15, 0.2) is 5.96 Å². The van der Waals surface area contributed by atoms with Crippen LogP contribution in [0.5, 0.6) is 0 Å². The van der Waals surface area contributed by atoms with E-state index in [1.54, 1.807) is 19.0 Å². The van der Waals surface area contributed by atoms with Crippen molar-refractivity contribution in [3.05, 3.63) is 0 Å². The Kier molecular flexibility index (Phi) is 14.6. The molecule has 2 N–H and O–H groups in total. The molecule has 0 heterocycles. The van der Waals surface area contributed by atoms with E-state index in [1.807, 2.05) is 0 Å². The molecule has 0 unspecified atom stereocenters. The first-order chi connectivity index (χ1) is 9.04. The van der Waals surface area contributed by atoms with Crippen LogP contribution in [0.4, 0.5) is 0 Å². The van der Waals surface area contributed by atoms with Crippen LogP contribution < -0.4 is 10.6 Å². The van der Waals surface area contributed by atoms with Gasteiger partial charge in [0.25, 0.3) is 0 Å². The Morgan fingerprint density at radius 3 is 2.20 bits per heavy atom. The van der Waals surface area contributed by atoms with Crippen LogP contribution in [-0.4, -0.2) is 50.5 Å². The molecule has 1 amide bonds. The van der Waals surface area contributed by atoms with Gasteiger partial charge in [-0.2, -0.15) is 0 Å². The summed E-state index contributed by atoms with van der Waals surface area (Å²) in [6.07, 6.45) is 3.34. The number of aliphatic imine (C=N–C) groups is 1. The molecule has 0 atom stereocenters. The monoisotopic (exact) mass is 398 g/mol. The molecule has 0 saturated carbocycles. The highest BCUT2D eigenvalue weighted by atomic mass is 127. The molecule has 0 aliphatic rings. The van der Waals surface area contributed by atoms with E-state index in [-0.39, 0.29) is 36.4 Å². The number of hydrogen-bond donors (Lipinski definition) is 2. The Morgan fingerprint density at radius 1 is 1.15 bits per heavy atom. The number of likely N-dealkylation sites (N-methyl/N-ethyl adjacent to an activating group) is 1. The Bertz CT molecular complexity index is 278. The maximum Gasteiger partial charge on any atom is 0.243 e. The zero-order valence-corrected chi connectivity index (χ0v) is 15.9. The van der Waals surface area contributed by atoms with Crippen molar-refractivity contribution in [3.8, 4) is 0 Å². The lowest BCUT2D eigenvalue weighted by atomic mass is 10.0. The summed E-state index contributed by atoms with van der Waals surface area (Å²) in [6, 6.07) is 0. The summed E-state index contributed by atoms with van der Waals surface area (Å²) in [6.45, 7) is 8.46. The van der Waals surface area contributed by atoms with Gasteiger partial charge >= 0.3 is 0 Å². The number of amides is 1. The van der Waals surface area contributed by atoms with Crippen LogP contribution in [0.1, 0.15) is 40.0 Å². The third-order valence-electron chi connectivity index (χ3n) is 3.13. The quantitative estimate of drug-likeness (QED) is 0.374. The summed E-state index contributed by atoms with van der Waals surface area (Å²) < 4.78 is 0. The van der Waals surface area contributed by atoms with E-state index in [4.69, 9.17) is 0 Å². The molecule has 0 radical (unpaired) electrons. The van der Waals surface area contributed by atoms with E-state index >= 15 is 0 Å². The van der Waals surface area contributed by atoms with Crippen molar-refractivity contribution in [1.82, 2.24) is 15.5 Å². The molecule has 0 aromatic rings. The number of nitrogens with one attached hydrogen (secondary N) is 2. The molecule has 0 saturated heterocycles. The average molecular weight is 398 g/mol. The van der Waals surface area contributed by atoms with Gasteiger partial charge in [0.2, 0.25) is 5.91 Å². The van der Waals surface area contributed by atoms with Crippen molar-refractivity contribution < 1.29 is 4.79 Å². The van der Waals surface area contributed by atoms with E-state index in [0.717, 1.165) is 38.3 Å². The molecular formula is C14H31IN4O. The highest BCUT2D eigenvalue weighted by Gasteiger charge is 2.07. The zero-order chi connectivity index (χ0) is 14.7. The standard InChI is InChI=1S/C14H30N4O.HI/c1-6-9-15-14(16-10-12(7-2)8-3)17-11-13(19)18(4)5;/h12H,6-11H2,1-5H3,(H2,15,16,17);1H. The van der Waals surface area contributed by atoms with E-state index < -0.39 is 0 Å². The van der Waals surface area contributed by atoms with Gasteiger partial charge in [-0.15, -0.1) is 24.0 Å². The second-order valence-electron chi connectivity index (χ2n) is 4.94. The zero-order valence-electron chi connectivity index (χ0n) is 13.5. The van der Waals surface area contributed by atoms with Gasteiger partial charge in [-0.1, -0.05) is 33.6 Å². The average Bonchev–Trinajstić information content (AvgIpc) is 2.41. The molecule has 120 valence electrons. The second-order valence-corrected chi connectivity index (χ2v) is 4.94. The molecule has 0 aromatic heterocycles. The largest absolute Gasteiger partial charge is 0.356 e. The number of nitrogens with zero attached hydrogens (tertiary/aromatic N) is 2. The number of carbonyl (C=O) groups excluding carboxylic acids is 1. The van der Waals surface area contributed by atoms with Crippen molar-refractivity contribution in [2.24, 2.45) is 10.9 Å². The van der Waals surface area contributed by atoms with E-state index in [1.165, 1.54) is 0 Å². The van der Waals surface area contributed by atoms with Crippen LogP contribution in [0.2, 0.25) is 0 Å². The van der Waals surface area contributed by atoms with Gasteiger partial charge in [-0.05, 0) is 12.3 Å². The topological polar surface area (TPSA) is 56.7 Å². The molecule has 0 bridgehead atoms. The van der Waals surface area contributed by atoms with E-state index in [0.29, 0.717) is 5.92 Å². The van der Waals surface area contributed by atoms with Crippen molar-refractivity contribution in [3.63, 3.8) is 0 Å². The molecule has 0 aliphatic carbocycles. The van der Waals surface area contributed by atoms with Crippen LogP contribution in [0, 0.1) is 5.92 Å². The van der Waals surface area contributed by atoms with Crippen LogP contribution in [0.15, 0.2) is 4.99 Å². The van der Waals surface area contributed by atoms with Crippen LogP contribution in [0.25, 0.3) is 0 Å². The van der Waals surface area contributed by atoms with Gasteiger partial charge in [-0.25, -0.2) is 4.99 Å². The number of carbonyl (C=O) groups is 1. The van der Waals surface area contributed by atoms with Crippen LogP contribution in [0.3, 0.4) is 0 Å². The number of rotatable bonds is 8. The molecular weight excluding hydrogens is 367 g/mol. The summed E-state index contributed by atoms with van der Waals surface area (Å²) >= 11 is 0. The highest BCUT2D eigenvalue weighted by molar-refractivity contribution is 14.0. The van der Waals surface area contributed by atoms with Gasteiger partial charge in [0.1, 0.15) is 6.54 Å².